The van der Waals surface area contributed by atoms with Gasteiger partial charge in [-0.1, -0.05) is 6.07 Å². The van der Waals surface area contributed by atoms with Crippen LogP contribution in [0.3, 0.4) is 0 Å². The number of halogens is 1. The summed E-state index contributed by atoms with van der Waals surface area (Å²) in [6.07, 6.45) is 0. The van der Waals surface area contributed by atoms with Crippen LogP contribution in [-0.2, 0) is 14.3 Å². The van der Waals surface area contributed by atoms with E-state index in [-0.39, 0.29) is 37.5 Å². The Balaban J connectivity index is 0.00000192. The first-order chi connectivity index (χ1) is 10.6. The number of carbonyl (C=O) groups is 2. The number of esters is 1. The van der Waals surface area contributed by atoms with E-state index < -0.39 is 11.9 Å². The summed E-state index contributed by atoms with van der Waals surface area (Å²) in [5.41, 5.74) is 0.843. The molecule has 126 valence electrons. The molecule has 0 amide bonds. The van der Waals surface area contributed by atoms with Crippen molar-refractivity contribution in [2.45, 2.75) is 12.8 Å². The number of fused-ring (bicyclic) bond motifs is 1. The summed E-state index contributed by atoms with van der Waals surface area (Å²) in [6, 6.07) is 5.49. The van der Waals surface area contributed by atoms with Gasteiger partial charge in [-0.15, -0.1) is 12.4 Å². The van der Waals surface area contributed by atoms with Crippen molar-refractivity contribution in [3.05, 3.63) is 23.8 Å². The molecular weight excluding hydrogens is 322 g/mol. The SMILES string of the molecule is CCOC(=O)C1CN(C)CC(c2ccc3c(c2)OCO3)C1=O.Cl. The van der Waals surface area contributed by atoms with Crippen molar-refractivity contribution < 1.29 is 23.8 Å². The third kappa shape index (κ3) is 3.43. The van der Waals surface area contributed by atoms with Crippen LogP contribution >= 0.6 is 12.4 Å². The van der Waals surface area contributed by atoms with Crippen molar-refractivity contribution in [1.82, 2.24) is 4.90 Å². The number of likely N-dealkylation sites (tertiary alicyclic amines) is 1. The molecule has 2 heterocycles. The van der Waals surface area contributed by atoms with Gasteiger partial charge in [-0.25, -0.2) is 0 Å². The number of benzene rings is 1. The maximum absolute atomic E-state index is 12.7. The first kappa shape index (κ1) is 17.6. The number of ketones is 1. The molecule has 1 aromatic carbocycles. The second-order valence-electron chi connectivity index (χ2n) is 5.59. The smallest absolute Gasteiger partial charge is 0.317 e. The van der Waals surface area contributed by atoms with Gasteiger partial charge in [0.25, 0.3) is 0 Å². The molecule has 0 aliphatic carbocycles. The van der Waals surface area contributed by atoms with E-state index in [0.29, 0.717) is 24.6 Å². The van der Waals surface area contributed by atoms with Crippen LogP contribution in [0.15, 0.2) is 18.2 Å². The number of carbonyl (C=O) groups excluding carboxylic acids is 2. The fourth-order valence-electron chi connectivity index (χ4n) is 2.95. The van der Waals surface area contributed by atoms with Gasteiger partial charge in [-0.3, -0.25) is 9.59 Å². The highest BCUT2D eigenvalue weighted by Crippen LogP contribution is 2.36. The van der Waals surface area contributed by atoms with Gasteiger partial charge in [0.05, 0.1) is 12.5 Å². The quantitative estimate of drug-likeness (QED) is 0.615. The standard InChI is InChI=1S/C16H19NO5.ClH/c1-3-20-16(19)12-8-17(2)7-11(15(12)18)10-4-5-13-14(6-10)22-9-21-13;/h4-6,11-12H,3,7-9H2,1-2H3;1H. The Kier molecular flexibility index (Phi) is 5.49. The molecular formula is C16H20ClNO5. The van der Waals surface area contributed by atoms with Gasteiger partial charge >= 0.3 is 5.97 Å². The Labute approximate surface area is 141 Å². The molecule has 3 rings (SSSR count). The van der Waals surface area contributed by atoms with Crippen molar-refractivity contribution in [1.29, 1.82) is 0 Å². The highest BCUT2D eigenvalue weighted by atomic mass is 35.5. The summed E-state index contributed by atoms with van der Waals surface area (Å²) in [7, 11) is 1.90. The summed E-state index contributed by atoms with van der Waals surface area (Å²) < 4.78 is 15.7. The number of hydrogen-bond acceptors (Lipinski definition) is 6. The number of piperidine rings is 1. The van der Waals surface area contributed by atoms with E-state index >= 15 is 0 Å². The topological polar surface area (TPSA) is 65.1 Å². The molecule has 1 saturated heterocycles. The largest absolute Gasteiger partial charge is 0.465 e. The molecule has 1 fully saturated rings. The minimum atomic E-state index is -0.728. The van der Waals surface area contributed by atoms with E-state index in [4.69, 9.17) is 14.2 Å². The van der Waals surface area contributed by atoms with Crippen LogP contribution in [-0.4, -0.2) is 50.2 Å². The fourth-order valence-corrected chi connectivity index (χ4v) is 2.95. The third-order valence-corrected chi connectivity index (χ3v) is 4.05. The predicted octanol–water partition coefficient (Wildman–Crippen LogP) is 1.61. The van der Waals surface area contributed by atoms with Crippen LogP contribution in [0.5, 0.6) is 11.5 Å². The maximum Gasteiger partial charge on any atom is 0.317 e. The lowest BCUT2D eigenvalue weighted by molar-refractivity contribution is -0.154. The third-order valence-electron chi connectivity index (χ3n) is 4.05. The summed E-state index contributed by atoms with van der Waals surface area (Å²) in [4.78, 5) is 26.7. The fraction of sp³-hybridized carbons (Fsp3) is 0.500. The Morgan fingerprint density at radius 3 is 2.78 bits per heavy atom. The van der Waals surface area contributed by atoms with Gasteiger partial charge in [0, 0.05) is 13.1 Å². The Hall–Kier alpha value is -1.79. The van der Waals surface area contributed by atoms with Gasteiger partial charge in [0.1, 0.15) is 5.92 Å². The molecule has 0 radical (unpaired) electrons. The Morgan fingerprint density at radius 2 is 2.04 bits per heavy atom. The predicted molar refractivity (Wildman–Crippen MR) is 85.2 cm³/mol. The number of Topliss-reactive ketones (excluding diaryl/α,β-unsaturated/α-hetero) is 1. The molecule has 0 aromatic heterocycles. The van der Waals surface area contributed by atoms with Crippen LogP contribution < -0.4 is 9.47 Å². The van der Waals surface area contributed by atoms with E-state index in [1.165, 1.54) is 0 Å². The van der Waals surface area contributed by atoms with Crippen LogP contribution in [0.25, 0.3) is 0 Å². The minimum Gasteiger partial charge on any atom is -0.465 e. The number of hydrogen-bond donors (Lipinski definition) is 0. The molecule has 0 N–H and O–H groups in total. The lowest BCUT2D eigenvalue weighted by Gasteiger charge is -2.33. The number of ether oxygens (including phenoxy) is 3. The lowest BCUT2D eigenvalue weighted by Crippen LogP contribution is -2.47. The van der Waals surface area contributed by atoms with E-state index in [2.05, 4.69) is 0 Å². The van der Waals surface area contributed by atoms with Gasteiger partial charge in [-0.05, 0) is 31.7 Å². The van der Waals surface area contributed by atoms with Gasteiger partial charge in [0.15, 0.2) is 17.3 Å². The molecule has 6 nitrogen and oxygen atoms in total. The maximum atomic E-state index is 12.7. The molecule has 23 heavy (non-hydrogen) atoms. The molecule has 1 aromatic rings. The van der Waals surface area contributed by atoms with Crippen LogP contribution in [0.4, 0.5) is 0 Å². The van der Waals surface area contributed by atoms with Crippen molar-refractivity contribution in [2.75, 3.05) is 33.5 Å². The average Bonchev–Trinajstić information content (AvgIpc) is 2.96. The van der Waals surface area contributed by atoms with Gasteiger partial charge < -0.3 is 19.1 Å². The summed E-state index contributed by atoms with van der Waals surface area (Å²) >= 11 is 0. The van der Waals surface area contributed by atoms with Crippen molar-refractivity contribution in [3.63, 3.8) is 0 Å². The van der Waals surface area contributed by atoms with Gasteiger partial charge in [-0.2, -0.15) is 0 Å². The molecule has 0 bridgehead atoms. The number of rotatable bonds is 3. The second-order valence-corrected chi connectivity index (χ2v) is 5.59. The van der Waals surface area contributed by atoms with Crippen molar-refractivity contribution in [2.24, 2.45) is 5.92 Å². The highest BCUT2D eigenvalue weighted by Gasteiger charge is 2.40. The highest BCUT2D eigenvalue weighted by molar-refractivity contribution is 6.03. The van der Waals surface area contributed by atoms with Gasteiger partial charge in [0.2, 0.25) is 6.79 Å². The first-order valence-corrected chi connectivity index (χ1v) is 7.38. The molecule has 2 unspecified atom stereocenters. The monoisotopic (exact) mass is 341 g/mol. The normalized spacial score (nSPS) is 23.3. The zero-order valence-electron chi connectivity index (χ0n) is 13.1. The summed E-state index contributed by atoms with van der Waals surface area (Å²) in [6.45, 7) is 3.20. The summed E-state index contributed by atoms with van der Waals surface area (Å²) in [5.74, 6) is -0.287. The van der Waals surface area contributed by atoms with E-state index in [1.807, 2.05) is 24.1 Å². The van der Waals surface area contributed by atoms with Crippen LogP contribution in [0.1, 0.15) is 18.4 Å². The number of nitrogens with zero attached hydrogens (tertiary/aromatic N) is 1. The first-order valence-electron chi connectivity index (χ1n) is 7.38. The van der Waals surface area contributed by atoms with Crippen molar-refractivity contribution in [3.8, 4) is 11.5 Å². The minimum absolute atomic E-state index is 0. The molecule has 2 aliphatic rings. The zero-order chi connectivity index (χ0) is 15.7. The molecule has 0 saturated carbocycles. The zero-order valence-corrected chi connectivity index (χ0v) is 13.9. The molecule has 7 heteroatoms. The molecule has 2 aliphatic heterocycles. The number of likely N-dealkylation sites (N-methyl/N-ethyl adjacent to an activating group) is 1. The second kappa shape index (κ2) is 7.19. The molecule has 2 atom stereocenters. The lowest BCUT2D eigenvalue weighted by atomic mass is 9.83. The van der Waals surface area contributed by atoms with Crippen molar-refractivity contribution >= 4 is 24.2 Å². The Morgan fingerprint density at radius 1 is 1.30 bits per heavy atom. The van der Waals surface area contributed by atoms with E-state index in [1.54, 1.807) is 13.0 Å². The average molecular weight is 342 g/mol. The van der Waals surface area contributed by atoms with E-state index in [0.717, 1.165) is 5.56 Å². The Bertz CT molecular complexity index is 606. The molecule has 0 spiro atoms. The van der Waals surface area contributed by atoms with Crippen LogP contribution in [0.2, 0.25) is 0 Å². The van der Waals surface area contributed by atoms with Crippen LogP contribution in [0, 0.1) is 5.92 Å². The van der Waals surface area contributed by atoms with E-state index in [9.17, 15) is 9.59 Å². The summed E-state index contributed by atoms with van der Waals surface area (Å²) in [5, 5.41) is 0.